The average molecular weight is 282 g/mol. The van der Waals surface area contributed by atoms with Crippen molar-refractivity contribution in [1.82, 2.24) is 19.9 Å². The van der Waals surface area contributed by atoms with Crippen molar-refractivity contribution in [2.75, 3.05) is 17.7 Å². The van der Waals surface area contributed by atoms with Gasteiger partial charge in [-0.3, -0.25) is 0 Å². The van der Waals surface area contributed by atoms with Gasteiger partial charge in [-0.15, -0.1) is 0 Å². The maximum Gasteiger partial charge on any atom is 0.226 e. The summed E-state index contributed by atoms with van der Waals surface area (Å²) in [5.74, 6) is 1.30. The van der Waals surface area contributed by atoms with E-state index in [-0.39, 0.29) is 6.04 Å². The number of nitrogens with one attached hydrogen (secondary N) is 3. The highest BCUT2D eigenvalue weighted by atomic mass is 15.2. The summed E-state index contributed by atoms with van der Waals surface area (Å²) >= 11 is 0. The number of anilines is 2. The van der Waals surface area contributed by atoms with Crippen molar-refractivity contribution in [1.29, 1.82) is 0 Å². The van der Waals surface area contributed by atoms with E-state index >= 15 is 0 Å². The molecule has 0 amide bonds. The van der Waals surface area contributed by atoms with Crippen LogP contribution in [-0.4, -0.2) is 27.0 Å². The first-order valence-corrected chi connectivity index (χ1v) is 6.90. The molecule has 108 valence electrons. The number of hydrogen-bond donors (Lipinski definition) is 3. The van der Waals surface area contributed by atoms with Gasteiger partial charge in [0.25, 0.3) is 0 Å². The van der Waals surface area contributed by atoms with E-state index in [1.807, 2.05) is 12.1 Å². The van der Waals surface area contributed by atoms with Crippen LogP contribution in [-0.2, 0) is 0 Å². The third-order valence-corrected chi connectivity index (χ3v) is 3.52. The van der Waals surface area contributed by atoms with E-state index in [4.69, 9.17) is 0 Å². The molecule has 1 aromatic carbocycles. The Kier molecular flexibility index (Phi) is 3.43. The molecule has 6 heteroatoms. The van der Waals surface area contributed by atoms with E-state index < -0.39 is 0 Å². The molecule has 0 fully saturated rings. The molecule has 2 heterocycles. The third-order valence-electron chi connectivity index (χ3n) is 3.52. The summed E-state index contributed by atoms with van der Waals surface area (Å²) in [6, 6.07) is 8.46. The Morgan fingerprint density at radius 3 is 2.76 bits per heavy atom. The Bertz CT molecular complexity index is 764. The van der Waals surface area contributed by atoms with Gasteiger partial charge in [0.05, 0.1) is 12.4 Å². The minimum Gasteiger partial charge on any atom is -0.362 e. The van der Waals surface area contributed by atoms with E-state index in [0.717, 1.165) is 11.3 Å². The molecule has 6 nitrogen and oxygen atoms in total. The topological polar surface area (TPSA) is 78.5 Å². The normalized spacial score (nSPS) is 12.3. The Morgan fingerprint density at radius 2 is 2.00 bits per heavy atom. The van der Waals surface area contributed by atoms with Crippen molar-refractivity contribution in [3.8, 4) is 0 Å². The lowest BCUT2D eigenvalue weighted by molar-refractivity contribution is 0.865. The Morgan fingerprint density at radius 1 is 1.19 bits per heavy atom. The highest BCUT2D eigenvalue weighted by molar-refractivity contribution is 5.83. The Balaban J connectivity index is 1.97. The van der Waals surface area contributed by atoms with Gasteiger partial charge < -0.3 is 15.6 Å². The molecule has 1 unspecified atom stereocenters. The van der Waals surface area contributed by atoms with Gasteiger partial charge in [-0.05, 0) is 25.0 Å². The summed E-state index contributed by atoms with van der Waals surface area (Å²) in [6.07, 6.45) is 1.63. The maximum atomic E-state index is 4.48. The lowest BCUT2D eigenvalue weighted by atomic mass is 10.0. The number of benzene rings is 1. The number of aryl methyl sites for hydroxylation is 1. The molecule has 1 atom stereocenters. The fraction of sp³-hybridized carbons (Fsp3) is 0.267. The van der Waals surface area contributed by atoms with Crippen molar-refractivity contribution < 1.29 is 0 Å². The van der Waals surface area contributed by atoms with Gasteiger partial charge in [0, 0.05) is 7.05 Å². The highest BCUT2D eigenvalue weighted by Gasteiger charge is 2.13. The second-order valence-corrected chi connectivity index (χ2v) is 4.97. The predicted octanol–water partition coefficient (Wildman–Crippen LogP) is 2.88. The molecule has 21 heavy (non-hydrogen) atoms. The van der Waals surface area contributed by atoms with Crippen LogP contribution in [0.1, 0.15) is 24.1 Å². The standard InChI is InChI=1S/C15H18N6/c1-9-6-4-5-7-11(9)10(2)19-14-12-13(18-8-17-12)20-15(16-3)21-14/h4-8,10H,1-3H3,(H3,16,17,18,19,20,21). The van der Waals surface area contributed by atoms with Gasteiger partial charge in [-0.25, -0.2) is 4.98 Å². The summed E-state index contributed by atoms with van der Waals surface area (Å²) in [6.45, 7) is 4.23. The fourth-order valence-corrected chi connectivity index (χ4v) is 2.40. The van der Waals surface area contributed by atoms with Gasteiger partial charge in [-0.1, -0.05) is 24.3 Å². The summed E-state index contributed by atoms with van der Waals surface area (Å²) < 4.78 is 0. The summed E-state index contributed by atoms with van der Waals surface area (Å²) in [5.41, 5.74) is 3.96. The Labute approximate surface area is 123 Å². The van der Waals surface area contributed by atoms with E-state index in [9.17, 15) is 0 Å². The zero-order valence-electron chi connectivity index (χ0n) is 12.3. The van der Waals surface area contributed by atoms with E-state index in [1.54, 1.807) is 13.4 Å². The van der Waals surface area contributed by atoms with Crippen LogP contribution in [0.15, 0.2) is 30.6 Å². The minimum absolute atomic E-state index is 0.136. The first kappa shape index (κ1) is 13.4. The molecule has 3 rings (SSSR count). The first-order valence-electron chi connectivity index (χ1n) is 6.90. The molecule has 3 aromatic rings. The number of rotatable bonds is 4. The van der Waals surface area contributed by atoms with Gasteiger partial charge in [0.2, 0.25) is 5.95 Å². The quantitative estimate of drug-likeness (QED) is 0.685. The smallest absolute Gasteiger partial charge is 0.226 e. The summed E-state index contributed by atoms with van der Waals surface area (Å²) in [7, 11) is 1.79. The second kappa shape index (κ2) is 5.40. The first-order chi connectivity index (χ1) is 10.2. The van der Waals surface area contributed by atoms with Crippen molar-refractivity contribution in [3.63, 3.8) is 0 Å². The number of hydrogen-bond acceptors (Lipinski definition) is 5. The molecular weight excluding hydrogens is 264 g/mol. The predicted molar refractivity (Wildman–Crippen MR) is 84.4 cm³/mol. The fourth-order valence-electron chi connectivity index (χ4n) is 2.40. The van der Waals surface area contributed by atoms with E-state index in [0.29, 0.717) is 11.6 Å². The molecule has 0 aliphatic rings. The number of fused-ring (bicyclic) bond motifs is 1. The maximum absolute atomic E-state index is 4.48. The lowest BCUT2D eigenvalue weighted by Crippen LogP contribution is -2.11. The van der Waals surface area contributed by atoms with Crippen molar-refractivity contribution >= 4 is 22.9 Å². The monoisotopic (exact) mass is 282 g/mol. The van der Waals surface area contributed by atoms with Crippen molar-refractivity contribution in [2.45, 2.75) is 19.9 Å². The van der Waals surface area contributed by atoms with Crippen LogP contribution in [0.25, 0.3) is 11.2 Å². The second-order valence-electron chi connectivity index (χ2n) is 4.97. The van der Waals surface area contributed by atoms with Crippen LogP contribution in [0.2, 0.25) is 0 Å². The molecule has 0 spiro atoms. The molecule has 0 aliphatic carbocycles. The minimum atomic E-state index is 0.136. The van der Waals surface area contributed by atoms with Crippen LogP contribution in [0.5, 0.6) is 0 Å². The molecule has 0 saturated heterocycles. The molecule has 2 aromatic heterocycles. The average Bonchev–Trinajstić information content (AvgIpc) is 2.96. The molecule has 0 radical (unpaired) electrons. The zero-order chi connectivity index (χ0) is 14.8. The molecule has 0 aliphatic heterocycles. The molecule has 0 saturated carbocycles. The van der Waals surface area contributed by atoms with Crippen LogP contribution in [0.3, 0.4) is 0 Å². The molecule has 3 N–H and O–H groups in total. The number of nitrogens with zero attached hydrogens (tertiary/aromatic N) is 3. The number of aromatic amines is 1. The SMILES string of the molecule is CNc1nc(NC(C)c2ccccc2C)c2[nH]cnc2n1. The number of H-pyrrole nitrogens is 1. The van der Waals surface area contributed by atoms with E-state index in [2.05, 4.69) is 56.5 Å². The number of aromatic nitrogens is 4. The summed E-state index contributed by atoms with van der Waals surface area (Å²) in [4.78, 5) is 16.1. The van der Waals surface area contributed by atoms with Crippen LogP contribution >= 0.6 is 0 Å². The van der Waals surface area contributed by atoms with E-state index in [1.165, 1.54) is 11.1 Å². The van der Waals surface area contributed by atoms with Crippen LogP contribution in [0.4, 0.5) is 11.8 Å². The lowest BCUT2D eigenvalue weighted by Gasteiger charge is -2.17. The number of imidazole rings is 1. The van der Waals surface area contributed by atoms with Crippen LogP contribution in [0, 0.1) is 6.92 Å². The van der Waals surface area contributed by atoms with Gasteiger partial charge in [-0.2, -0.15) is 9.97 Å². The largest absolute Gasteiger partial charge is 0.362 e. The molecule has 0 bridgehead atoms. The van der Waals surface area contributed by atoms with Gasteiger partial charge in [0.15, 0.2) is 11.5 Å². The van der Waals surface area contributed by atoms with Crippen molar-refractivity contribution in [2.24, 2.45) is 0 Å². The molecular formula is C15H18N6. The Hall–Kier alpha value is -2.63. The third kappa shape index (κ3) is 2.52. The van der Waals surface area contributed by atoms with Crippen LogP contribution < -0.4 is 10.6 Å². The zero-order valence-corrected chi connectivity index (χ0v) is 12.3. The van der Waals surface area contributed by atoms with Crippen molar-refractivity contribution in [3.05, 3.63) is 41.7 Å². The summed E-state index contributed by atoms with van der Waals surface area (Å²) in [5, 5.41) is 6.40. The van der Waals surface area contributed by atoms with Gasteiger partial charge in [0.1, 0.15) is 5.52 Å². The van der Waals surface area contributed by atoms with Gasteiger partial charge >= 0.3 is 0 Å². The highest BCUT2D eigenvalue weighted by Crippen LogP contribution is 2.25.